The Morgan fingerprint density at radius 1 is 1.39 bits per heavy atom. The van der Waals surface area contributed by atoms with E-state index in [2.05, 4.69) is 9.97 Å². The molecule has 6 heteroatoms. The summed E-state index contributed by atoms with van der Waals surface area (Å²) in [6.07, 6.45) is -0.489. The van der Waals surface area contributed by atoms with E-state index >= 15 is 0 Å². The van der Waals surface area contributed by atoms with Crippen molar-refractivity contribution in [1.29, 1.82) is 0 Å². The van der Waals surface area contributed by atoms with Crippen LogP contribution in [0.3, 0.4) is 0 Å². The Bertz CT molecular complexity index is 373. The first-order chi connectivity index (χ1) is 8.54. The fraction of sp³-hybridized carbons (Fsp3) is 0.667. The number of aliphatic hydroxyl groups is 1. The maximum absolute atomic E-state index is 11.8. The standard InChI is InChI=1S/C12H18F2N2O2/c1-8(2)12-9(6-17)5-15-11(16-12)3-4-18-7-10(13)14/h5,8,10,17H,3-4,6-7H2,1-2H3. The lowest BCUT2D eigenvalue weighted by atomic mass is 10.1. The highest BCUT2D eigenvalue weighted by Crippen LogP contribution is 2.16. The van der Waals surface area contributed by atoms with Crippen molar-refractivity contribution in [3.63, 3.8) is 0 Å². The van der Waals surface area contributed by atoms with Crippen molar-refractivity contribution in [2.24, 2.45) is 0 Å². The third-order valence-electron chi connectivity index (χ3n) is 2.38. The lowest BCUT2D eigenvalue weighted by Gasteiger charge is -2.11. The Kier molecular flexibility index (Phi) is 6.07. The van der Waals surface area contributed by atoms with Crippen LogP contribution in [0.25, 0.3) is 0 Å². The van der Waals surface area contributed by atoms with Gasteiger partial charge in [-0.2, -0.15) is 0 Å². The van der Waals surface area contributed by atoms with E-state index in [1.807, 2.05) is 13.8 Å². The van der Waals surface area contributed by atoms with E-state index in [0.29, 0.717) is 17.8 Å². The molecule has 1 rings (SSSR count). The van der Waals surface area contributed by atoms with E-state index in [0.717, 1.165) is 5.69 Å². The van der Waals surface area contributed by atoms with Crippen LogP contribution in [0.15, 0.2) is 6.20 Å². The quantitative estimate of drug-likeness (QED) is 0.761. The predicted octanol–water partition coefficient (Wildman–Crippen LogP) is 1.92. The van der Waals surface area contributed by atoms with Crippen LogP contribution in [0.2, 0.25) is 0 Å². The van der Waals surface area contributed by atoms with Gasteiger partial charge in [0.25, 0.3) is 6.43 Å². The summed E-state index contributed by atoms with van der Waals surface area (Å²) in [6.45, 7) is 3.44. The Morgan fingerprint density at radius 2 is 2.11 bits per heavy atom. The number of ether oxygens (including phenoxy) is 1. The van der Waals surface area contributed by atoms with E-state index in [-0.39, 0.29) is 19.1 Å². The van der Waals surface area contributed by atoms with Crippen LogP contribution in [-0.2, 0) is 17.8 Å². The van der Waals surface area contributed by atoms with Gasteiger partial charge in [0, 0.05) is 18.2 Å². The summed E-state index contributed by atoms with van der Waals surface area (Å²) in [4.78, 5) is 8.39. The number of hydrogen-bond acceptors (Lipinski definition) is 4. The second-order valence-corrected chi connectivity index (χ2v) is 4.23. The normalized spacial score (nSPS) is 11.5. The smallest absolute Gasteiger partial charge is 0.261 e. The number of aliphatic hydroxyl groups excluding tert-OH is 1. The molecule has 18 heavy (non-hydrogen) atoms. The molecule has 0 unspecified atom stereocenters. The third-order valence-corrected chi connectivity index (χ3v) is 2.38. The molecule has 102 valence electrons. The van der Waals surface area contributed by atoms with Gasteiger partial charge < -0.3 is 9.84 Å². The second-order valence-electron chi connectivity index (χ2n) is 4.23. The van der Waals surface area contributed by atoms with Gasteiger partial charge in [0.2, 0.25) is 0 Å². The maximum Gasteiger partial charge on any atom is 0.261 e. The molecule has 4 nitrogen and oxygen atoms in total. The van der Waals surface area contributed by atoms with Gasteiger partial charge in [0.05, 0.1) is 18.9 Å². The molecule has 0 aliphatic carbocycles. The monoisotopic (exact) mass is 260 g/mol. The first kappa shape index (κ1) is 14.9. The maximum atomic E-state index is 11.8. The van der Waals surface area contributed by atoms with Crippen molar-refractivity contribution in [2.75, 3.05) is 13.2 Å². The highest BCUT2D eigenvalue weighted by atomic mass is 19.3. The minimum atomic E-state index is -2.45. The minimum Gasteiger partial charge on any atom is -0.392 e. The summed E-state index contributed by atoms with van der Waals surface area (Å²) in [6, 6.07) is 0. The predicted molar refractivity (Wildman–Crippen MR) is 62.6 cm³/mol. The molecule has 0 spiro atoms. The van der Waals surface area contributed by atoms with Crippen molar-refractivity contribution in [3.05, 3.63) is 23.3 Å². The van der Waals surface area contributed by atoms with Crippen LogP contribution in [0, 0.1) is 0 Å². The van der Waals surface area contributed by atoms with Gasteiger partial charge >= 0.3 is 0 Å². The summed E-state index contributed by atoms with van der Waals surface area (Å²) in [7, 11) is 0. The molecule has 0 saturated heterocycles. The van der Waals surface area contributed by atoms with E-state index in [1.54, 1.807) is 6.20 Å². The number of alkyl halides is 2. The van der Waals surface area contributed by atoms with Crippen LogP contribution in [0.4, 0.5) is 8.78 Å². The highest BCUT2D eigenvalue weighted by molar-refractivity contribution is 5.19. The molecule has 0 aromatic carbocycles. The average molecular weight is 260 g/mol. The summed E-state index contributed by atoms with van der Waals surface area (Å²) < 4.78 is 28.5. The van der Waals surface area contributed by atoms with Gasteiger partial charge in [-0.15, -0.1) is 0 Å². The lowest BCUT2D eigenvalue weighted by molar-refractivity contribution is 0.0182. The molecule has 0 aliphatic rings. The third kappa shape index (κ3) is 4.62. The number of nitrogens with zero attached hydrogens (tertiary/aromatic N) is 2. The SMILES string of the molecule is CC(C)c1nc(CCOCC(F)F)ncc1CO. The van der Waals surface area contributed by atoms with E-state index < -0.39 is 13.0 Å². The molecular formula is C12H18F2N2O2. The van der Waals surface area contributed by atoms with Crippen LogP contribution in [0.1, 0.15) is 36.8 Å². The first-order valence-corrected chi connectivity index (χ1v) is 5.86. The topological polar surface area (TPSA) is 55.2 Å². The van der Waals surface area contributed by atoms with Crippen LogP contribution >= 0.6 is 0 Å². The number of hydrogen-bond donors (Lipinski definition) is 1. The van der Waals surface area contributed by atoms with E-state index in [4.69, 9.17) is 9.84 Å². The molecule has 0 fully saturated rings. The van der Waals surface area contributed by atoms with Gasteiger partial charge in [-0.3, -0.25) is 0 Å². The molecule has 0 amide bonds. The van der Waals surface area contributed by atoms with Crippen molar-refractivity contribution >= 4 is 0 Å². The zero-order chi connectivity index (χ0) is 13.5. The Labute approximate surface area is 105 Å². The number of halogens is 2. The Hall–Kier alpha value is -1.14. The fourth-order valence-corrected chi connectivity index (χ4v) is 1.54. The molecule has 1 aromatic rings. The van der Waals surface area contributed by atoms with Gasteiger partial charge in [0.15, 0.2) is 0 Å². The number of aromatic nitrogens is 2. The zero-order valence-electron chi connectivity index (χ0n) is 10.6. The van der Waals surface area contributed by atoms with Crippen molar-refractivity contribution in [3.8, 4) is 0 Å². The van der Waals surface area contributed by atoms with Gasteiger partial charge in [-0.1, -0.05) is 13.8 Å². The minimum absolute atomic E-state index is 0.102. The fourth-order valence-electron chi connectivity index (χ4n) is 1.54. The molecular weight excluding hydrogens is 242 g/mol. The summed E-state index contributed by atoms with van der Waals surface area (Å²) in [5.74, 6) is 0.723. The molecule has 1 aromatic heterocycles. The lowest BCUT2D eigenvalue weighted by Crippen LogP contribution is -2.11. The molecule has 0 radical (unpaired) electrons. The zero-order valence-corrected chi connectivity index (χ0v) is 10.6. The molecule has 0 aliphatic heterocycles. The first-order valence-electron chi connectivity index (χ1n) is 5.86. The van der Waals surface area contributed by atoms with Crippen molar-refractivity contribution in [2.45, 2.75) is 39.2 Å². The molecule has 1 heterocycles. The van der Waals surface area contributed by atoms with E-state index in [9.17, 15) is 8.78 Å². The van der Waals surface area contributed by atoms with Gasteiger partial charge in [0.1, 0.15) is 12.4 Å². The van der Waals surface area contributed by atoms with Crippen LogP contribution in [0.5, 0.6) is 0 Å². The van der Waals surface area contributed by atoms with Crippen LogP contribution < -0.4 is 0 Å². The summed E-state index contributed by atoms with van der Waals surface area (Å²) in [5, 5.41) is 9.15. The Balaban J connectivity index is 2.59. The Morgan fingerprint density at radius 3 is 2.67 bits per heavy atom. The highest BCUT2D eigenvalue weighted by Gasteiger charge is 2.10. The van der Waals surface area contributed by atoms with Crippen LogP contribution in [-0.4, -0.2) is 34.7 Å². The second kappa shape index (κ2) is 7.33. The summed E-state index contributed by atoms with van der Waals surface area (Å²) >= 11 is 0. The van der Waals surface area contributed by atoms with Crippen molar-refractivity contribution < 1.29 is 18.6 Å². The van der Waals surface area contributed by atoms with Crippen molar-refractivity contribution in [1.82, 2.24) is 9.97 Å². The largest absolute Gasteiger partial charge is 0.392 e. The van der Waals surface area contributed by atoms with Gasteiger partial charge in [-0.25, -0.2) is 18.7 Å². The molecule has 0 atom stereocenters. The molecule has 0 saturated carbocycles. The van der Waals surface area contributed by atoms with E-state index in [1.165, 1.54) is 0 Å². The summed E-state index contributed by atoms with van der Waals surface area (Å²) in [5.41, 5.74) is 1.48. The molecule has 1 N–H and O–H groups in total. The average Bonchev–Trinajstić information content (AvgIpc) is 2.34. The number of rotatable bonds is 7. The van der Waals surface area contributed by atoms with Gasteiger partial charge in [-0.05, 0) is 5.92 Å². The molecule has 0 bridgehead atoms.